The molecule has 8 atom stereocenters. The zero-order valence-electron chi connectivity index (χ0n) is 32.5. The summed E-state index contributed by atoms with van der Waals surface area (Å²) in [6.07, 6.45) is 1.69. The van der Waals surface area contributed by atoms with Gasteiger partial charge in [-0.2, -0.15) is 0 Å². The first-order valence-corrected chi connectivity index (χ1v) is 19.8. The number of aromatic nitrogens is 4. The maximum Gasteiger partial charge on any atom is 0.407 e. The molecule has 294 valence electrons. The third-order valence-electron chi connectivity index (χ3n) is 12.3. The molecule has 0 bridgehead atoms. The fraction of sp³-hybridized carbons (Fsp3) is 0.442. The van der Waals surface area contributed by atoms with Gasteiger partial charge in [0.1, 0.15) is 23.7 Å². The number of piperidine rings is 2. The van der Waals surface area contributed by atoms with Gasteiger partial charge in [0.2, 0.25) is 11.8 Å². The summed E-state index contributed by atoms with van der Waals surface area (Å²) in [5, 5.41) is 16.6. The lowest BCUT2D eigenvalue weighted by Crippen LogP contribution is -2.52. The number of alkyl carbamates (subject to hydrolysis) is 1. The quantitative estimate of drug-likeness (QED) is 0.119. The molecule has 3 aromatic carbocycles. The van der Waals surface area contributed by atoms with E-state index in [0.717, 1.165) is 75.5 Å². The van der Waals surface area contributed by atoms with E-state index >= 15 is 0 Å². The molecule has 2 aromatic heterocycles. The third kappa shape index (κ3) is 6.58. The molecule has 9 rings (SSSR count). The van der Waals surface area contributed by atoms with E-state index in [1.165, 1.54) is 7.11 Å². The molecule has 4 fully saturated rings. The first-order valence-electron chi connectivity index (χ1n) is 19.8. The van der Waals surface area contributed by atoms with Crippen molar-refractivity contribution >= 4 is 56.8 Å². The van der Waals surface area contributed by atoms with Crippen molar-refractivity contribution in [1.29, 1.82) is 0 Å². The van der Waals surface area contributed by atoms with Crippen molar-refractivity contribution < 1.29 is 29.0 Å². The van der Waals surface area contributed by atoms with Crippen LogP contribution < -0.4 is 10.6 Å². The van der Waals surface area contributed by atoms with Crippen LogP contribution in [0.15, 0.2) is 48.5 Å². The van der Waals surface area contributed by atoms with E-state index in [4.69, 9.17) is 14.7 Å². The topological polar surface area (TPSA) is 186 Å². The van der Waals surface area contributed by atoms with Crippen molar-refractivity contribution in [2.45, 2.75) is 89.6 Å². The van der Waals surface area contributed by atoms with Gasteiger partial charge in [-0.1, -0.05) is 51.7 Å². The number of H-pyrrole nitrogens is 2. The van der Waals surface area contributed by atoms with Crippen LogP contribution in [-0.4, -0.2) is 90.1 Å². The number of nitrogens with one attached hydrogen (secondary N) is 4. The molecule has 14 nitrogen and oxygen atoms in total. The third-order valence-corrected chi connectivity index (χ3v) is 12.3. The Labute approximate surface area is 329 Å². The highest BCUT2D eigenvalue weighted by atomic mass is 16.5. The molecule has 5 N–H and O–H groups in total. The minimum absolute atomic E-state index is 0.110. The Morgan fingerprint density at radius 1 is 0.754 bits per heavy atom. The van der Waals surface area contributed by atoms with E-state index in [0.29, 0.717) is 17.7 Å². The Morgan fingerprint density at radius 3 is 1.95 bits per heavy atom. The Morgan fingerprint density at radius 2 is 1.33 bits per heavy atom. The molecule has 57 heavy (non-hydrogen) atoms. The summed E-state index contributed by atoms with van der Waals surface area (Å²) >= 11 is 0. The number of nitrogens with zero attached hydrogens (tertiary/aromatic N) is 4. The predicted octanol–water partition coefficient (Wildman–Crippen LogP) is 5.99. The number of hydrogen-bond acceptors (Lipinski definition) is 7. The Hall–Kier alpha value is -6.10. The number of carboxylic acid groups (broad SMARTS) is 1. The summed E-state index contributed by atoms with van der Waals surface area (Å²) in [6.45, 7) is 7.53. The number of aromatic amines is 2. The lowest BCUT2D eigenvalue weighted by Gasteiger charge is -2.31. The second-order valence-corrected chi connectivity index (χ2v) is 16.8. The normalized spacial score (nSPS) is 24.3. The number of carbonyl (C=O) groups is 4. The van der Waals surface area contributed by atoms with Gasteiger partial charge in [0.15, 0.2) is 0 Å². The number of rotatable bonds is 8. The lowest BCUT2D eigenvalue weighted by atomic mass is 10.0. The first kappa shape index (κ1) is 36.5. The molecular formula is C43H46N8O6. The maximum atomic E-state index is 13.9. The summed E-state index contributed by atoms with van der Waals surface area (Å²) in [4.78, 5) is 71.7. The predicted molar refractivity (Wildman–Crippen MR) is 212 cm³/mol. The average Bonchev–Trinajstić information content (AvgIpc) is 3.84. The van der Waals surface area contributed by atoms with Gasteiger partial charge < -0.3 is 40.2 Å². The number of hydrogen-bond donors (Lipinski definition) is 5. The molecule has 4 amide bonds. The van der Waals surface area contributed by atoms with Crippen molar-refractivity contribution in [2.24, 2.45) is 23.7 Å². The minimum Gasteiger partial charge on any atom is -0.465 e. The van der Waals surface area contributed by atoms with Gasteiger partial charge >= 0.3 is 12.2 Å². The van der Waals surface area contributed by atoms with Crippen LogP contribution in [0.5, 0.6) is 0 Å². The molecule has 14 heteroatoms. The molecular weight excluding hydrogens is 725 g/mol. The highest BCUT2D eigenvalue weighted by molar-refractivity contribution is 6.04. The van der Waals surface area contributed by atoms with Crippen molar-refractivity contribution in [2.75, 3.05) is 7.11 Å². The summed E-state index contributed by atoms with van der Waals surface area (Å²) in [5.41, 5.74) is 4.98. The number of likely N-dealkylation sites (tertiary alicyclic amines) is 2. The van der Waals surface area contributed by atoms with Crippen LogP contribution in [0, 0.1) is 35.5 Å². The van der Waals surface area contributed by atoms with Gasteiger partial charge in [-0.15, -0.1) is 0 Å². The molecule has 4 heterocycles. The first-order chi connectivity index (χ1) is 27.4. The number of fused-ring (bicyclic) bond motifs is 6. The van der Waals surface area contributed by atoms with Crippen molar-refractivity contribution in [3.63, 3.8) is 0 Å². The maximum absolute atomic E-state index is 13.9. The molecule has 2 aliphatic carbocycles. The fourth-order valence-corrected chi connectivity index (χ4v) is 9.17. The number of amides is 4. The van der Waals surface area contributed by atoms with Crippen LogP contribution >= 0.6 is 0 Å². The minimum atomic E-state index is -1.21. The molecule has 2 saturated carbocycles. The van der Waals surface area contributed by atoms with Gasteiger partial charge in [0.25, 0.3) is 0 Å². The molecule has 2 aliphatic heterocycles. The van der Waals surface area contributed by atoms with Crippen LogP contribution in [0.3, 0.4) is 0 Å². The van der Waals surface area contributed by atoms with Gasteiger partial charge in [0, 0.05) is 28.6 Å². The number of carbonyl (C=O) groups excluding carboxylic acids is 3. The van der Waals surface area contributed by atoms with Crippen molar-refractivity contribution in [1.82, 2.24) is 40.4 Å². The zero-order valence-corrected chi connectivity index (χ0v) is 32.5. The average molecular weight is 771 g/mol. The van der Waals surface area contributed by atoms with Gasteiger partial charge in [-0.25, -0.2) is 19.6 Å². The Kier molecular flexibility index (Phi) is 8.86. The molecule has 0 unspecified atom stereocenters. The van der Waals surface area contributed by atoms with E-state index in [9.17, 15) is 24.3 Å². The smallest absolute Gasteiger partial charge is 0.407 e. The number of ether oxygens (including phenoxy) is 1. The molecule has 5 aromatic rings. The molecule has 4 aliphatic rings. The lowest BCUT2D eigenvalue weighted by molar-refractivity contribution is -0.137. The van der Waals surface area contributed by atoms with Crippen LogP contribution in [0.2, 0.25) is 0 Å². The van der Waals surface area contributed by atoms with Gasteiger partial charge in [-0.05, 0) is 91.1 Å². The van der Waals surface area contributed by atoms with Crippen LogP contribution in [-0.2, 0) is 14.3 Å². The highest BCUT2D eigenvalue weighted by Gasteiger charge is 2.57. The standard InChI is InChI=1S/C43H46N8O6/c1-20(2)35(48-42(54)55)40(52)50-31-16-25(31)18-33(50)38-44-28-12-9-23(15-30(28)46-38)7-6-22-8-11-27-24(14-22)10-13-29-37(27)47-39(45-29)34-19-26-17-32(26)51(34)41(53)36(21(3)4)49-43(56)57-5/h8-15,20-21,25-26,31-36,48H,16-19H2,1-5H3,(H,44,46)(H,45,47)(H,49,56)(H,54,55)/t25-,26-,31-,32-,33+,34+,35+,36+/m1/s1. The van der Waals surface area contributed by atoms with E-state index < -0.39 is 24.3 Å². The number of benzene rings is 3. The van der Waals surface area contributed by atoms with Crippen molar-refractivity contribution in [3.05, 3.63) is 71.3 Å². The summed E-state index contributed by atoms with van der Waals surface area (Å²) in [6, 6.07) is 14.3. The Balaban J connectivity index is 0.939. The van der Waals surface area contributed by atoms with Crippen LogP contribution in [0.4, 0.5) is 9.59 Å². The van der Waals surface area contributed by atoms with Crippen molar-refractivity contribution in [3.8, 4) is 11.8 Å². The second-order valence-electron chi connectivity index (χ2n) is 16.8. The largest absolute Gasteiger partial charge is 0.465 e. The zero-order chi connectivity index (χ0) is 39.9. The van der Waals surface area contributed by atoms with E-state index in [1.807, 2.05) is 80.0 Å². The Bertz CT molecular complexity index is 2530. The van der Waals surface area contributed by atoms with Gasteiger partial charge in [0.05, 0.1) is 41.3 Å². The van der Waals surface area contributed by atoms with E-state index in [1.54, 1.807) is 0 Å². The molecule has 0 radical (unpaired) electrons. The fourth-order valence-electron chi connectivity index (χ4n) is 9.17. The van der Waals surface area contributed by atoms with Crippen LogP contribution in [0.25, 0.3) is 32.8 Å². The monoisotopic (exact) mass is 770 g/mol. The van der Waals surface area contributed by atoms with E-state index in [2.05, 4.69) is 38.5 Å². The summed E-state index contributed by atoms with van der Waals surface area (Å²) < 4.78 is 4.81. The number of methoxy groups -OCH3 is 1. The van der Waals surface area contributed by atoms with Crippen LogP contribution in [0.1, 0.15) is 88.2 Å². The molecule has 2 saturated heterocycles. The summed E-state index contributed by atoms with van der Waals surface area (Å²) in [5.74, 6) is 8.28. The summed E-state index contributed by atoms with van der Waals surface area (Å²) in [7, 11) is 1.30. The SMILES string of the molecule is COC(=O)N[C@H](C(=O)N1[C@@H]2C[C@@H]2C[C@H]1c1nc2ccc3cc(C#Cc4ccc5[nH]c([C@@H]6C[C@H]7C[C@H]7N6C(=O)[C@@H](NC(=O)O)C(C)C)nc5c4)ccc3c2[nH]1)C(C)C. The van der Waals surface area contributed by atoms with E-state index in [-0.39, 0.29) is 47.8 Å². The highest BCUT2D eigenvalue weighted by Crippen LogP contribution is 2.54. The second kappa shape index (κ2) is 13.8. The van der Waals surface area contributed by atoms with Gasteiger partial charge in [-0.3, -0.25) is 9.59 Å². The number of imidazole rings is 2. The molecule has 0 spiro atoms.